The number of hydrogen-bond acceptors (Lipinski definition) is 0. The topological polar surface area (TPSA) is 0 Å². The summed E-state index contributed by atoms with van der Waals surface area (Å²) in [6, 6.07) is 27.7. The van der Waals surface area contributed by atoms with Crippen molar-refractivity contribution in [1.82, 2.24) is 0 Å². The van der Waals surface area contributed by atoms with Gasteiger partial charge in [-0.2, -0.15) is 0 Å². The van der Waals surface area contributed by atoms with Gasteiger partial charge in [0.25, 0.3) is 0 Å². The minimum atomic E-state index is -1.99. The first-order valence-electron chi connectivity index (χ1n) is 11.7. The van der Waals surface area contributed by atoms with E-state index in [1.54, 1.807) is 0 Å². The third kappa shape index (κ3) is 4.97. The van der Waals surface area contributed by atoms with E-state index in [4.69, 9.17) is 6.30 Å². The Labute approximate surface area is 197 Å². The van der Waals surface area contributed by atoms with E-state index in [9.17, 15) is 0 Å². The monoisotopic (exact) mass is 444 g/mol. The minimum Gasteiger partial charge on any atom is -0.0887 e. The van der Waals surface area contributed by atoms with Gasteiger partial charge in [-0.3, -0.25) is 0 Å². The molecule has 0 atom stereocenters. The largest absolute Gasteiger partial charge is 0.0887 e. The Kier molecular flexibility index (Phi) is 6.45. The van der Waals surface area contributed by atoms with Gasteiger partial charge in [-0.15, -0.1) is 0 Å². The van der Waals surface area contributed by atoms with Crippen LogP contribution in [0.3, 0.4) is 0 Å². The average Bonchev–Trinajstić information content (AvgIpc) is 2.71. The van der Waals surface area contributed by atoms with Gasteiger partial charge in [-0.1, -0.05) is 141 Å². The molecule has 3 aromatic rings. The molecule has 0 saturated carbocycles. The Morgan fingerprint density at radius 1 is 0.406 bits per heavy atom. The molecule has 0 aromatic heterocycles. The molecule has 0 saturated heterocycles. The molecule has 0 aliphatic rings. The summed E-state index contributed by atoms with van der Waals surface area (Å²) in [6.45, 7) is 18.4. The maximum absolute atomic E-state index is 4.97. The molecule has 0 radical (unpaired) electrons. The molecular weight excluding hydrogens is 403 g/mol. The van der Waals surface area contributed by atoms with Crippen molar-refractivity contribution in [1.29, 1.82) is 0 Å². The van der Waals surface area contributed by atoms with Crippen molar-refractivity contribution in [2.75, 3.05) is 0 Å². The Hall–Kier alpha value is -2.04. The summed E-state index contributed by atoms with van der Waals surface area (Å²) < 4.78 is 0. The standard InChI is InChI=1S/C31H41P/c1-29(2,3)23-11-17-26(18-12-23)32(10,27-19-13-24(14-20-27)30(4,5)6)28-21-15-25(16-22-28)31(7,8)9/h11-22H,10H2,1-9H3. The van der Waals surface area contributed by atoms with E-state index >= 15 is 0 Å². The third-order valence-corrected chi connectivity index (χ3v) is 10.1. The highest BCUT2D eigenvalue weighted by atomic mass is 31.2. The Bertz CT molecular complexity index is 946. The SMILES string of the molecule is C=P(c1ccc(C(C)(C)C)cc1)(c1ccc(C(C)(C)C)cc1)c1ccc(C(C)(C)C)cc1. The summed E-state index contributed by atoms with van der Waals surface area (Å²) in [5, 5.41) is 3.99. The average molecular weight is 445 g/mol. The Morgan fingerprint density at radius 2 is 0.594 bits per heavy atom. The lowest BCUT2D eigenvalue weighted by Gasteiger charge is -2.29. The zero-order chi connectivity index (χ0) is 23.9. The molecule has 0 aliphatic heterocycles. The highest BCUT2D eigenvalue weighted by molar-refractivity contribution is 7.93. The van der Waals surface area contributed by atoms with Crippen molar-refractivity contribution in [2.24, 2.45) is 0 Å². The summed E-state index contributed by atoms with van der Waals surface area (Å²) in [7, 11) is 0. The summed E-state index contributed by atoms with van der Waals surface area (Å²) >= 11 is 0. The lowest BCUT2D eigenvalue weighted by Crippen LogP contribution is -2.27. The Balaban J connectivity index is 2.18. The summed E-state index contributed by atoms with van der Waals surface area (Å²) in [6.07, 6.45) is 4.97. The van der Waals surface area contributed by atoms with E-state index in [1.165, 1.54) is 32.6 Å². The van der Waals surface area contributed by atoms with Crippen LogP contribution in [0.15, 0.2) is 72.8 Å². The molecule has 170 valence electrons. The van der Waals surface area contributed by atoms with Crippen molar-refractivity contribution in [3.8, 4) is 0 Å². The molecule has 32 heavy (non-hydrogen) atoms. The van der Waals surface area contributed by atoms with Crippen LogP contribution in [-0.2, 0) is 16.2 Å². The van der Waals surface area contributed by atoms with Gasteiger partial charge in [0.05, 0.1) is 0 Å². The molecule has 0 unspecified atom stereocenters. The van der Waals surface area contributed by atoms with Gasteiger partial charge in [0.15, 0.2) is 0 Å². The molecule has 1 heteroatoms. The summed E-state index contributed by atoms with van der Waals surface area (Å²) in [5.74, 6) is 0. The fraction of sp³-hybridized carbons (Fsp3) is 0.387. The second-order valence-electron chi connectivity index (χ2n) is 12.2. The molecule has 3 aromatic carbocycles. The van der Waals surface area contributed by atoms with Crippen molar-refractivity contribution in [2.45, 2.75) is 78.6 Å². The first-order valence-corrected chi connectivity index (χ1v) is 13.7. The second-order valence-corrected chi connectivity index (χ2v) is 15.4. The van der Waals surface area contributed by atoms with E-state index in [2.05, 4.69) is 135 Å². The van der Waals surface area contributed by atoms with E-state index in [0.717, 1.165) is 0 Å². The van der Waals surface area contributed by atoms with Crippen LogP contribution in [0.1, 0.15) is 79.0 Å². The molecule has 0 nitrogen and oxygen atoms in total. The van der Waals surface area contributed by atoms with Crippen LogP contribution in [-0.4, -0.2) is 6.30 Å². The maximum atomic E-state index is 4.97. The van der Waals surface area contributed by atoms with E-state index in [1.807, 2.05) is 0 Å². The molecule has 0 heterocycles. The van der Waals surface area contributed by atoms with Crippen LogP contribution in [0.5, 0.6) is 0 Å². The zero-order valence-electron chi connectivity index (χ0n) is 21.6. The van der Waals surface area contributed by atoms with Crippen LogP contribution in [0.25, 0.3) is 0 Å². The predicted molar refractivity (Wildman–Crippen MR) is 148 cm³/mol. The van der Waals surface area contributed by atoms with E-state index in [0.29, 0.717) is 0 Å². The summed E-state index contributed by atoms with van der Waals surface area (Å²) in [5.41, 5.74) is 4.51. The van der Waals surface area contributed by atoms with Gasteiger partial charge in [0.1, 0.15) is 0 Å². The maximum Gasteiger partial charge on any atom is -0.0132 e. The zero-order valence-corrected chi connectivity index (χ0v) is 22.5. The molecule has 3 rings (SSSR count). The van der Waals surface area contributed by atoms with Gasteiger partial charge in [-0.05, 0) is 55.7 Å². The van der Waals surface area contributed by atoms with Crippen LogP contribution in [0.4, 0.5) is 0 Å². The van der Waals surface area contributed by atoms with Crippen molar-refractivity contribution >= 4 is 29.1 Å². The molecule has 0 spiro atoms. The number of rotatable bonds is 3. The normalized spacial score (nSPS) is 13.3. The number of benzene rings is 3. The smallest absolute Gasteiger partial charge is 0.0132 e. The van der Waals surface area contributed by atoms with Gasteiger partial charge in [0.2, 0.25) is 0 Å². The van der Waals surface area contributed by atoms with Gasteiger partial charge in [0, 0.05) is 0 Å². The minimum absolute atomic E-state index is 0.142. The fourth-order valence-electron chi connectivity index (χ4n) is 4.09. The van der Waals surface area contributed by atoms with Crippen LogP contribution >= 0.6 is 6.89 Å². The van der Waals surface area contributed by atoms with E-state index in [-0.39, 0.29) is 16.2 Å². The van der Waals surface area contributed by atoms with Gasteiger partial charge < -0.3 is 0 Å². The third-order valence-electron chi connectivity index (χ3n) is 6.52. The van der Waals surface area contributed by atoms with E-state index < -0.39 is 6.89 Å². The molecule has 0 N–H and O–H groups in total. The first kappa shape index (κ1) is 24.6. The second kappa shape index (κ2) is 8.39. The molecular formula is C31H41P. The highest BCUT2D eigenvalue weighted by Crippen LogP contribution is 2.43. The molecule has 0 aliphatic carbocycles. The van der Waals surface area contributed by atoms with Gasteiger partial charge in [-0.25, -0.2) is 0 Å². The van der Waals surface area contributed by atoms with Crippen molar-refractivity contribution in [3.63, 3.8) is 0 Å². The summed E-state index contributed by atoms with van der Waals surface area (Å²) in [4.78, 5) is 0. The molecule has 0 bridgehead atoms. The Morgan fingerprint density at radius 3 is 0.750 bits per heavy atom. The quantitative estimate of drug-likeness (QED) is 0.372. The lowest BCUT2D eigenvalue weighted by molar-refractivity contribution is 0.590. The highest BCUT2D eigenvalue weighted by Gasteiger charge is 2.25. The molecule has 0 amide bonds. The predicted octanol–water partition coefficient (Wildman–Crippen LogP) is 7.31. The van der Waals surface area contributed by atoms with Crippen LogP contribution in [0, 0.1) is 0 Å². The fourth-order valence-corrected chi connectivity index (χ4v) is 6.96. The molecule has 0 fully saturated rings. The van der Waals surface area contributed by atoms with Crippen LogP contribution < -0.4 is 15.9 Å². The first-order chi connectivity index (χ1) is 14.6. The number of hydrogen-bond donors (Lipinski definition) is 0. The van der Waals surface area contributed by atoms with Crippen molar-refractivity contribution < 1.29 is 0 Å². The van der Waals surface area contributed by atoms with Crippen molar-refractivity contribution in [3.05, 3.63) is 89.5 Å². The lowest BCUT2D eigenvalue weighted by atomic mass is 9.87. The van der Waals surface area contributed by atoms with Crippen LogP contribution in [0.2, 0.25) is 0 Å². The van der Waals surface area contributed by atoms with Gasteiger partial charge >= 0.3 is 0 Å².